The molecular formula is C17H29N3O. The summed E-state index contributed by atoms with van der Waals surface area (Å²) in [5.74, 6) is 1.70. The standard InChI is InChI=1S/C17H29N3O/c1-19(2)13-15-5-6-17(21-4)16(11-15)18-12-14-7-9-20(3)10-8-14/h5-6,11,14,18H,7-10,12-13H2,1-4H3. The Kier molecular flexibility index (Phi) is 5.88. The Labute approximate surface area is 129 Å². The lowest BCUT2D eigenvalue weighted by molar-refractivity contribution is 0.226. The van der Waals surface area contributed by atoms with Gasteiger partial charge in [0, 0.05) is 13.1 Å². The highest BCUT2D eigenvalue weighted by atomic mass is 16.5. The first-order valence-electron chi connectivity index (χ1n) is 7.82. The Morgan fingerprint density at radius 1 is 1.29 bits per heavy atom. The third-order valence-corrected chi connectivity index (χ3v) is 4.18. The first-order chi connectivity index (χ1) is 10.1. The molecule has 0 bridgehead atoms. The molecule has 1 N–H and O–H groups in total. The number of rotatable bonds is 6. The average Bonchev–Trinajstić information content (AvgIpc) is 2.46. The van der Waals surface area contributed by atoms with Crippen molar-refractivity contribution in [1.29, 1.82) is 0 Å². The molecule has 1 saturated heterocycles. The Morgan fingerprint density at radius 3 is 2.62 bits per heavy atom. The van der Waals surface area contributed by atoms with Gasteiger partial charge >= 0.3 is 0 Å². The molecule has 1 aromatic carbocycles. The maximum atomic E-state index is 5.48. The van der Waals surface area contributed by atoms with E-state index in [0.29, 0.717) is 0 Å². The summed E-state index contributed by atoms with van der Waals surface area (Å²) in [4.78, 5) is 4.59. The zero-order valence-electron chi connectivity index (χ0n) is 13.9. The number of ether oxygens (including phenoxy) is 1. The summed E-state index contributed by atoms with van der Waals surface area (Å²) in [6, 6.07) is 6.42. The minimum Gasteiger partial charge on any atom is -0.495 e. The molecule has 0 aliphatic carbocycles. The quantitative estimate of drug-likeness (QED) is 0.871. The van der Waals surface area contributed by atoms with E-state index in [9.17, 15) is 0 Å². The van der Waals surface area contributed by atoms with Gasteiger partial charge in [0.1, 0.15) is 5.75 Å². The number of hydrogen-bond acceptors (Lipinski definition) is 4. The molecule has 1 aromatic rings. The van der Waals surface area contributed by atoms with E-state index in [1.54, 1.807) is 7.11 Å². The van der Waals surface area contributed by atoms with Crippen molar-refractivity contribution in [2.24, 2.45) is 5.92 Å². The molecule has 1 fully saturated rings. The van der Waals surface area contributed by atoms with Crippen LogP contribution >= 0.6 is 0 Å². The number of nitrogens with one attached hydrogen (secondary N) is 1. The highest BCUT2D eigenvalue weighted by molar-refractivity contribution is 5.58. The smallest absolute Gasteiger partial charge is 0.141 e. The maximum Gasteiger partial charge on any atom is 0.141 e. The Balaban J connectivity index is 1.96. The first-order valence-corrected chi connectivity index (χ1v) is 7.82. The predicted molar refractivity (Wildman–Crippen MR) is 89.1 cm³/mol. The maximum absolute atomic E-state index is 5.48. The number of benzene rings is 1. The molecular weight excluding hydrogens is 262 g/mol. The van der Waals surface area contributed by atoms with Gasteiger partial charge in [-0.25, -0.2) is 0 Å². The second-order valence-corrected chi connectivity index (χ2v) is 6.40. The number of methoxy groups -OCH3 is 1. The first kappa shape index (κ1) is 16.1. The van der Waals surface area contributed by atoms with E-state index in [1.807, 2.05) is 0 Å². The fourth-order valence-electron chi connectivity index (χ4n) is 2.88. The summed E-state index contributed by atoms with van der Waals surface area (Å²) in [6.07, 6.45) is 2.56. The fraction of sp³-hybridized carbons (Fsp3) is 0.647. The van der Waals surface area contributed by atoms with Gasteiger partial charge in [-0.3, -0.25) is 0 Å². The molecule has 1 heterocycles. The van der Waals surface area contributed by atoms with Crippen LogP contribution in [-0.4, -0.2) is 57.7 Å². The Morgan fingerprint density at radius 2 is 2.00 bits per heavy atom. The van der Waals surface area contributed by atoms with Crippen molar-refractivity contribution in [1.82, 2.24) is 9.80 Å². The molecule has 4 nitrogen and oxygen atoms in total. The molecule has 1 aliphatic rings. The van der Waals surface area contributed by atoms with E-state index in [2.05, 4.69) is 54.5 Å². The van der Waals surface area contributed by atoms with Crippen molar-refractivity contribution >= 4 is 5.69 Å². The second-order valence-electron chi connectivity index (χ2n) is 6.40. The molecule has 4 heteroatoms. The van der Waals surface area contributed by atoms with Crippen LogP contribution in [0.15, 0.2) is 18.2 Å². The van der Waals surface area contributed by atoms with Gasteiger partial charge in [-0.05, 0) is 70.7 Å². The van der Waals surface area contributed by atoms with Crippen LogP contribution in [0.3, 0.4) is 0 Å². The van der Waals surface area contributed by atoms with E-state index in [4.69, 9.17) is 4.74 Å². The normalized spacial score (nSPS) is 17.2. The molecule has 0 spiro atoms. The molecule has 0 aromatic heterocycles. The summed E-state index contributed by atoms with van der Waals surface area (Å²) in [5.41, 5.74) is 2.43. The predicted octanol–water partition coefficient (Wildman–Crippen LogP) is 2.51. The lowest BCUT2D eigenvalue weighted by Gasteiger charge is -2.29. The van der Waals surface area contributed by atoms with E-state index in [1.165, 1.54) is 31.5 Å². The Bertz CT molecular complexity index is 440. The van der Waals surface area contributed by atoms with Crippen LogP contribution in [0, 0.1) is 5.92 Å². The van der Waals surface area contributed by atoms with Gasteiger partial charge in [-0.15, -0.1) is 0 Å². The summed E-state index contributed by atoms with van der Waals surface area (Å²) in [6.45, 7) is 4.41. The molecule has 0 saturated carbocycles. The molecule has 1 aliphatic heterocycles. The largest absolute Gasteiger partial charge is 0.495 e. The van der Waals surface area contributed by atoms with Crippen LogP contribution in [0.25, 0.3) is 0 Å². The fourth-order valence-corrected chi connectivity index (χ4v) is 2.88. The van der Waals surface area contributed by atoms with Crippen LogP contribution in [0.4, 0.5) is 5.69 Å². The zero-order chi connectivity index (χ0) is 15.2. The van der Waals surface area contributed by atoms with Crippen molar-refractivity contribution in [2.75, 3.05) is 53.2 Å². The second kappa shape index (κ2) is 7.66. The summed E-state index contributed by atoms with van der Waals surface area (Å²) in [7, 11) is 8.13. The molecule has 0 unspecified atom stereocenters. The van der Waals surface area contributed by atoms with Gasteiger partial charge in [-0.1, -0.05) is 6.07 Å². The van der Waals surface area contributed by atoms with Crippen LogP contribution in [0.5, 0.6) is 5.75 Å². The minimum atomic E-state index is 0.767. The average molecular weight is 291 g/mol. The highest BCUT2D eigenvalue weighted by Gasteiger charge is 2.17. The molecule has 2 rings (SSSR count). The minimum absolute atomic E-state index is 0.767. The van der Waals surface area contributed by atoms with E-state index in [0.717, 1.165) is 30.4 Å². The van der Waals surface area contributed by atoms with Gasteiger partial charge in [0.2, 0.25) is 0 Å². The van der Waals surface area contributed by atoms with Crippen molar-refractivity contribution in [2.45, 2.75) is 19.4 Å². The lowest BCUT2D eigenvalue weighted by Crippen LogP contribution is -2.33. The SMILES string of the molecule is COc1ccc(CN(C)C)cc1NCC1CCN(C)CC1. The number of hydrogen-bond donors (Lipinski definition) is 1. The van der Waals surface area contributed by atoms with Crippen LogP contribution in [0.1, 0.15) is 18.4 Å². The van der Waals surface area contributed by atoms with Crippen molar-refractivity contribution in [3.05, 3.63) is 23.8 Å². The highest BCUT2D eigenvalue weighted by Crippen LogP contribution is 2.27. The number of piperidine rings is 1. The summed E-state index contributed by atoms with van der Waals surface area (Å²) >= 11 is 0. The zero-order valence-corrected chi connectivity index (χ0v) is 13.9. The van der Waals surface area contributed by atoms with Gasteiger partial charge in [0.25, 0.3) is 0 Å². The third kappa shape index (κ3) is 4.90. The molecule has 21 heavy (non-hydrogen) atoms. The van der Waals surface area contributed by atoms with Crippen LogP contribution < -0.4 is 10.1 Å². The monoisotopic (exact) mass is 291 g/mol. The molecule has 0 radical (unpaired) electrons. The molecule has 0 atom stereocenters. The topological polar surface area (TPSA) is 27.7 Å². The van der Waals surface area contributed by atoms with Crippen LogP contribution in [0.2, 0.25) is 0 Å². The third-order valence-electron chi connectivity index (χ3n) is 4.18. The van der Waals surface area contributed by atoms with Gasteiger partial charge in [0.05, 0.1) is 12.8 Å². The van der Waals surface area contributed by atoms with Gasteiger partial charge < -0.3 is 19.9 Å². The van der Waals surface area contributed by atoms with Gasteiger partial charge in [0.15, 0.2) is 0 Å². The van der Waals surface area contributed by atoms with Crippen molar-refractivity contribution < 1.29 is 4.74 Å². The van der Waals surface area contributed by atoms with Crippen LogP contribution in [-0.2, 0) is 6.54 Å². The van der Waals surface area contributed by atoms with Crippen molar-refractivity contribution in [3.8, 4) is 5.75 Å². The summed E-state index contributed by atoms with van der Waals surface area (Å²) < 4.78 is 5.48. The number of nitrogens with zero attached hydrogens (tertiary/aromatic N) is 2. The lowest BCUT2D eigenvalue weighted by atomic mass is 9.97. The molecule has 118 valence electrons. The number of likely N-dealkylation sites (tertiary alicyclic amines) is 1. The van der Waals surface area contributed by atoms with E-state index < -0.39 is 0 Å². The number of anilines is 1. The van der Waals surface area contributed by atoms with Crippen molar-refractivity contribution in [3.63, 3.8) is 0 Å². The Hall–Kier alpha value is -1.26. The van der Waals surface area contributed by atoms with E-state index in [-0.39, 0.29) is 0 Å². The summed E-state index contributed by atoms with van der Waals surface area (Å²) in [5, 5.41) is 3.60. The molecule has 0 amide bonds. The van der Waals surface area contributed by atoms with E-state index >= 15 is 0 Å². The van der Waals surface area contributed by atoms with Gasteiger partial charge in [-0.2, -0.15) is 0 Å².